The van der Waals surface area contributed by atoms with Gasteiger partial charge in [-0.05, 0) is 38.9 Å². The SMILES string of the molecule is CCN(CC)CCCN(C(=O)C1CC1)c1nc(-c2ccccc2)cs1.Cl. The molecule has 1 saturated carbocycles. The molecule has 1 heterocycles. The van der Waals surface area contributed by atoms with Crippen LogP contribution < -0.4 is 4.90 Å². The zero-order valence-corrected chi connectivity index (χ0v) is 17.2. The summed E-state index contributed by atoms with van der Waals surface area (Å²) in [6.07, 6.45) is 3.05. The van der Waals surface area contributed by atoms with E-state index in [1.807, 2.05) is 23.1 Å². The van der Waals surface area contributed by atoms with Crippen molar-refractivity contribution >= 4 is 34.8 Å². The number of thiazole rings is 1. The van der Waals surface area contributed by atoms with E-state index in [9.17, 15) is 4.79 Å². The lowest BCUT2D eigenvalue weighted by Gasteiger charge is -2.23. The number of carbonyl (C=O) groups excluding carboxylic acids is 1. The topological polar surface area (TPSA) is 36.4 Å². The molecule has 1 aliphatic carbocycles. The molecule has 0 bridgehead atoms. The third-order valence-electron chi connectivity index (χ3n) is 4.74. The minimum Gasteiger partial charge on any atom is -0.304 e. The molecule has 0 unspecified atom stereocenters. The van der Waals surface area contributed by atoms with Crippen LogP contribution in [0.4, 0.5) is 5.13 Å². The highest BCUT2D eigenvalue weighted by molar-refractivity contribution is 7.14. The number of carbonyl (C=O) groups is 1. The molecule has 142 valence electrons. The van der Waals surface area contributed by atoms with E-state index in [4.69, 9.17) is 4.98 Å². The lowest BCUT2D eigenvalue weighted by atomic mass is 10.2. The van der Waals surface area contributed by atoms with Crippen LogP contribution in [0.2, 0.25) is 0 Å². The largest absolute Gasteiger partial charge is 0.304 e. The first-order valence-corrected chi connectivity index (χ1v) is 10.2. The third-order valence-corrected chi connectivity index (χ3v) is 5.60. The van der Waals surface area contributed by atoms with Gasteiger partial charge in [0, 0.05) is 23.4 Å². The van der Waals surface area contributed by atoms with Gasteiger partial charge in [-0.2, -0.15) is 0 Å². The Kier molecular flexibility index (Phi) is 8.07. The van der Waals surface area contributed by atoms with Crippen molar-refractivity contribution in [2.24, 2.45) is 5.92 Å². The fraction of sp³-hybridized carbons (Fsp3) is 0.500. The van der Waals surface area contributed by atoms with E-state index in [1.165, 1.54) is 0 Å². The number of aromatic nitrogens is 1. The summed E-state index contributed by atoms with van der Waals surface area (Å²) in [7, 11) is 0. The zero-order chi connectivity index (χ0) is 17.6. The number of anilines is 1. The average molecular weight is 394 g/mol. The Labute approximate surface area is 166 Å². The summed E-state index contributed by atoms with van der Waals surface area (Å²) < 4.78 is 0. The van der Waals surface area contributed by atoms with Crippen molar-refractivity contribution in [1.29, 1.82) is 0 Å². The van der Waals surface area contributed by atoms with Gasteiger partial charge in [-0.3, -0.25) is 9.69 Å². The molecule has 0 atom stereocenters. The standard InChI is InChI=1S/C20H27N3OS.ClH/c1-3-22(4-2)13-8-14-23(19(24)17-11-12-17)20-21-18(15-25-20)16-9-6-5-7-10-16;/h5-7,9-10,15,17H,3-4,8,11-14H2,1-2H3;1H. The maximum Gasteiger partial charge on any atom is 0.231 e. The van der Waals surface area contributed by atoms with E-state index in [1.54, 1.807) is 11.3 Å². The first kappa shape index (κ1) is 20.9. The summed E-state index contributed by atoms with van der Waals surface area (Å²) in [6, 6.07) is 10.2. The summed E-state index contributed by atoms with van der Waals surface area (Å²) in [6.45, 7) is 8.27. The molecular formula is C20H28ClN3OS. The van der Waals surface area contributed by atoms with E-state index >= 15 is 0 Å². The summed E-state index contributed by atoms with van der Waals surface area (Å²) in [5, 5.41) is 2.90. The number of hydrogen-bond donors (Lipinski definition) is 0. The molecule has 2 aromatic rings. The van der Waals surface area contributed by atoms with Gasteiger partial charge in [-0.25, -0.2) is 4.98 Å². The smallest absolute Gasteiger partial charge is 0.231 e. The molecule has 1 fully saturated rings. The fourth-order valence-electron chi connectivity index (χ4n) is 2.97. The summed E-state index contributed by atoms with van der Waals surface area (Å²) >= 11 is 1.58. The van der Waals surface area contributed by atoms with Gasteiger partial charge in [0.15, 0.2) is 5.13 Å². The van der Waals surface area contributed by atoms with E-state index in [0.29, 0.717) is 0 Å². The highest BCUT2D eigenvalue weighted by Crippen LogP contribution is 2.35. The molecule has 4 nitrogen and oxygen atoms in total. The Balaban J connectivity index is 0.00000243. The van der Waals surface area contributed by atoms with E-state index in [-0.39, 0.29) is 24.2 Å². The van der Waals surface area contributed by atoms with Crippen LogP contribution in [0.25, 0.3) is 11.3 Å². The quantitative estimate of drug-likeness (QED) is 0.619. The van der Waals surface area contributed by atoms with Gasteiger partial charge in [0.2, 0.25) is 5.91 Å². The van der Waals surface area contributed by atoms with Crippen molar-refractivity contribution in [2.75, 3.05) is 31.1 Å². The second-order valence-corrected chi connectivity index (χ2v) is 7.36. The van der Waals surface area contributed by atoms with Crippen LogP contribution in [0, 0.1) is 5.92 Å². The van der Waals surface area contributed by atoms with Crippen LogP contribution >= 0.6 is 23.7 Å². The van der Waals surface area contributed by atoms with Crippen molar-refractivity contribution in [2.45, 2.75) is 33.1 Å². The van der Waals surface area contributed by atoms with Gasteiger partial charge < -0.3 is 4.90 Å². The lowest BCUT2D eigenvalue weighted by molar-refractivity contribution is -0.119. The third kappa shape index (κ3) is 5.29. The van der Waals surface area contributed by atoms with Crippen molar-refractivity contribution < 1.29 is 4.79 Å². The van der Waals surface area contributed by atoms with Gasteiger partial charge >= 0.3 is 0 Å². The molecule has 26 heavy (non-hydrogen) atoms. The first-order valence-electron chi connectivity index (χ1n) is 9.27. The van der Waals surface area contributed by atoms with Crippen LogP contribution in [0.15, 0.2) is 35.7 Å². The van der Waals surface area contributed by atoms with Crippen molar-refractivity contribution in [3.8, 4) is 11.3 Å². The number of rotatable bonds is 9. The Hall–Kier alpha value is -1.43. The van der Waals surface area contributed by atoms with Crippen molar-refractivity contribution in [3.63, 3.8) is 0 Å². The second-order valence-electron chi connectivity index (χ2n) is 6.53. The molecule has 0 spiro atoms. The van der Waals surface area contributed by atoms with Crippen molar-refractivity contribution in [3.05, 3.63) is 35.7 Å². The summed E-state index contributed by atoms with van der Waals surface area (Å²) in [5.41, 5.74) is 2.06. The Morgan fingerprint density at radius 3 is 2.46 bits per heavy atom. The second kappa shape index (κ2) is 10.0. The van der Waals surface area contributed by atoms with E-state index in [2.05, 4.69) is 36.3 Å². The highest BCUT2D eigenvalue weighted by atomic mass is 35.5. The van der Waals surface area contributed by atoms with Crippen LogP contribution in [-0.2, 0) is 4.79 Å². The summed E-state index contributed by atoms with van der Waals surface area (Å²) in [5.74, 6) is 0.478. The molecule has 0 aliphatic heterocycles. The van der Waals surface area contributed by atoms with Crippen LogP contribution in [-0.4, -0.2) is 42.0 Å². The maximum atomic E-state index is 12.7. The Bertz CT molecular complexity index is 683. The van der Waals surface area contributed by atoms with Crippen LogP contribution in [0.1, 0.15) is 33.1 Å². The average Bonchev–Trinajstić information content (AvgIpc) is 3.40. The molecular weight excluding hydrogens is 366 g/mol. The predicted octanol–water partition coefficient (Wildman–Crippen LogP) is 4.71. The Morgan fingerprint density at radius 1 is 1.15 bits per heavy atom. The molecule has 6 heteroatoms. The molecule has 1 aromatic carbocycles. The number of hydrogen-bond acceptors (Lipinski definition) is 4. The van der Waals surface area contributed by atoms with Crippen LogP contribution in [0.5, 0.6) is 0 Å². The predicted molar refractivity (Wildman–Crippen MR) is 112 cm³/mol. The molecule has 0 saturated heterocycles. The lowest BCUT2D eigenvalue weighted by Crippen LogP contribution is -2.35. The zero-order valence-electron chi connectivity index (χ0n) is 15.6. The molecule has 0 radical (unpaired) electrons. The normalized spacial score (nSPS) is 13.5. The fourth-order valence-corrected chi connectivity index (χ4v) is 3.84. The van der Waals surface area contributed by atoms with E-state index in [0.717, 1.165) is 61.8 Å². The number of nitrogens with zero attached hydrogens (tertiary/aromatic N) is 3. The molecule has 0 N–H and O–H groups in total. The summed E-state index contributed by atoms with van der Waals surface area (Å²) in [4.78, 5) is 21.8. The molecule has 1 aromatic heterocycles. The highest BCUT2D eigenvalue weighted by Gasteiger charge is 2.34. The molecule has 1 amide bonds. The minimum atomic E-state index is 0. The molecule has 1 aliphatic rings. The van der Waals surface area contributed by atoms with E-state index < -0.39 is 0 Å². The van der Waals surface area contributed by atoms with Gasteiger partial charge in [0.1, 0.15) is 0 Å². The van der Waals surface area contributed by atoms with Gasteiger partial charge in [-0.1, -0.05) is 44.2 Å². The number of benzene rings is 1. The maximum absolute atomic E-state index is 12.7. The first-order chi connectivity index (χ1) is 12.2. The Morgan fingerprint density at radius 2 is 1.85 bits per heavy atom. The van der Waals surface area contributed by atoms with Crippen molar-refractivity contribution in [1.82, 2.24) is 9.88 Å². The van der Waals surface area contributed by atoms with Gasteiger partial charge in [0.05, 0.1) is 5.69 Å². The van der Waals surface area contributed by atoms with Crippen LogP contribution in [0.3, 0.4) is 0 Å². The van der Waals surface area contributed by atoms with Gasteiger partial charge in [0.25, 0.3) is 0 Å². The van der Waals surface area contributed by atoms with Gasteiger partial charge in [-0.15, -0.1) is 23.7 Å². The number of halogens is 1. The minimum absolute atomic E-state index is 0. The molecule has 3 rings (SSSR count). The monoisotopic (exact) mass is 393 g/mol. The number of amides is 1.